The smallest absolute Gasteiger partial charge is 0.276 e. The highest BCUT2D eigenvalue weighted by atomic mass is 32.1. The van der Waals surface area contributed by atoms with Crippen molar-refractivity contribution in [1.82, 2.24) is 9.97 Å². The van der Waals surface area contributed by atoms with Gasteiger partial charge in [0.05, 0.1) is 10.6 Å². The molecule has 2 N–H and O–H groups in total. The Morgan fingerprint density at radius 3 is 2.46 bits per heavy atom. The van der Waals surface area contributed by atoms with Gasteiger partial charge in [-0.3, -0.25) is 14.9 Å². The third-order valence-electron chi connectivity index (χ3n) is 3.69. The molecule has 0 fully saturated rings. The summed E-state index contributed by atoms with van der Waals surface area (Å²) in [5, 5.41) is 12.5. The van der Waals surface area contributed by atoms with Crippen molar-refractivity contribution in [3.63, 3.8) is 0 Å². The van der Waals surface area contributed by atoms with Crippen molar-refractivity contribution < 1.29 is 9.59 Å². The standard InChI is InChI=1S/C19H14N4O2S3/c1-11(24)20-13-6-4-12(5-7-13)14-9-28-19(22-14)23-17(25)15-10-27-18(21-15)16-3-2-8-26-16/h2-10H,1H3,(H,20,24)(H,22,23,25). The second-order valence-electron chi connectivity index (χ2n) is 5.77. The Bertz CT molecular complexity index is 1110. The van der Waals surface area contributed by atoms with E-state index in [-0.39, 0.29) is 11.8 Å². The molecule has 0 aliphatic rings. The predicted molar refractivity (Wildman–Crippen MR) is 115 cm³/mol. The van der Waals surface area contributed by atoms with Gasteiger partial charge in [-0.15, -0.1) is 34.0 Å². The van der Waals surface area contributed by atoms with Crippen molar-refractivity contribution in [2.45, 2.75) is 6.92 Å². The lowest BCUT2D eigenvalue weighted by molar-refractivity contribution is -0.114. The number of nitrogens with one attached hydrogen (secondary N) is 2. The fraction of sp³-hybridized carbons (Fsp3) is 0.0526. The third-order valence-corrected chi connectivity index (χ3v) is 6.33. The number of thiophene rings is 1. The summed E-state index contributed by atoms with van der Waals surface area (Å²) >= 11 is 4.39. The lowest BCUT2D eigenvalue weighted by Gasteiger charge is -2.02. The molecule has 0 atom stereocenters. The fourth-order valence-electron chi connectivity index (χ4n) is 2.44. The van der Waals surface area contributed by atoms with Crippen LogP contribution in [0.15, 0.2) is 52.5 Å². The van der Waals surface area contributed by atoms with Gasteiger partial charge in [0.15, 0.2) is 5.13 Å². The second kappa shape index (κ2) is 8.01. The van der Waals surface area contributed by atoms with E-state index < -0.39 is 0 Å². The van der Waals surface area contributed by atoms with Crippen LogP contribution in [0.3, 0.4) is 0 Å². The van der Waals surface area contributed by atoms with Crippen molar-refractivity contribution in [2.24, 2.45) is 0 Å². The van der Waals surface area contributed by atoms with Crippen LogP contribution in [0.1, 0.15) is 17.4 Å². The van der Waals surface area contributed by atoms with Crippen LogP contribution in [0.2, 0.25) is 0 Å². The molecule has 0 unspecified atom stereocenters. The Balaban J connectivity index is 1.44. The summed E-state index contributed by atoms with van der Waals surface area (Å²) in [6.07, 6.45) is 0. The molecule has 2 amide bonds. The summed E-state index contributed by atoms with van der Waals surface area (Å²) < 4.78 is 0. The van der Waals surface area contributed by atoms with Gasteiger partial charge < -0.3 is 5.32 Å². The number of carbonyl (C=O) groups is 2. The quantitative estimate of drug-likeness (QED) is 0.459. The van der Waals surface area contributed by atoms with E-state index in [9.17, 15) is 9.59 Å². The first-order valence-corrected chi connectivity index (χ1v) is 10.9. The lowest BCUT2D eigenvalue weighted by Crippen LogP contribution is -2.12. The molecule has 28 heavy (non-hydrogen) atoms. The molecular formula is C19H14N4O2S3. The van der Waals surface area contributed by atoms with Crippen LogP contribution in [0, 0.1) is 0 Å². The molecule has 0 saturated heterocycles. The lowest BCUT2D eigenvalue weighted by atomic mass is 10.1. The Kier molecular flexibility index (Phi) is 5.29. The zero-order valence-electron chi connectivity index (χ0n) is 14.6. The molecule has 140 valence electrons. The molecule has 0 saturated carbocycles. The molecule has 1 aromatic carbocycles. The van der Waals surface area contributed by atoms with Crippen LogP contribution in [-0.2, 0) is 4.79 Å². The fourth-order valence-corrected chi connectivity index (χ4v) is 4.77. The van der Waals surface area contributed by atoms with Crippen LogP contribution < -0.4 is 10.6 Å². The van der Waals surface area contributed by atoms with Crippen molar-refractivity contribution in [2.75, 3.05) is 10.6 Å². The summed E-state index contributed by atoms with van der Waals surface area (Å²) in [6, 6.07) is 11.3. The van der Waals surface area contributed by atoms with Gasteiger partial charge in [0.1, 0.15) is 10.7 Å². The average molecular weight is 427 g/mol. The summed E-state index contributed by atoms with van der Waals surface area (Å²) in [6.45, 7) is 1.47. The van der Waals surface area contributed by atoms with E-state index >= 15 is 0 Å². The number of thiazole rings is 2. The van der Waals surface area contributed by atoms with Gasteiger partial charge in [0, 0.05) is 28.9 Å². The molecular weight excluding hydrogens is 412 g/mol. The summed E-state index contributed by atoms with van der Waals surface area (Å²) in [5.74, 6) is -0.392. The molecule has 4 aromatic rings. The van der Waals surface area contributed by atoms with Crippen LogP contribution >= 0.6 is 34.0 Å². The molecule has 0 radical (unpaired) electrons. The molecule has 0 aliphatic heterocycles. The van der Waals surface area contributed by atoms with Crippen molar-refractivity contribution in [3.05, 3.63) is 58.2 Å². The number of nitrogens with zero attached hydrogens (tertiary/aromatic N) is 2. The number of hydrogen-bond donors (Lipinski definition) is 2. The van der Waals surface area contributed by atoms with Crippen LogP contribution in [0.4, 0.5) is 10.8 Å². The summed E-state index contributed by atoms with van der Waals surface area (Å²) in [5.41, 5.74) is 2.77. The Morgan fingerprint density at radius 1 is 0.929 bits per heavy atom. The Morgan fingerprint density at radius 2 is 1.75 bits per heavy atom. The first kappa shape index (κ1) is 18.5. The summed E-state index contributed by atoms with van der Waals surface area (Å²) in [7, 11) is 0. The van der Waals surface area contributed by atoms with Gasteiger partial charge in [-0.2, -0.15) is 0 Å². The number of anilines is 2. The normalized spacial score (nSPS) is 10.6. The van der Waals surface area contributed by atoms with Gasteiger partial charge in [0.25, 0.3) is 5.91 Å². The van der Waals surface area contributed by atoms with E-state index in [4.69, 9.17) is 0 Å². The van der Waals surface area contributed by atoms with Gasteiger partial charge in [-0.05, 0) is 23.6 Å². The van der Waals surface area contributed by atoms with Gasteiger partial charge in [-0.25, -0.2) is 9.97 Å². The van der Waals surface area contributed by atoms with Gasteiger partial charge in [0.2, 0.25) is 5.91 Å². The zero-order valence-corrected chi connectivity index (χ0v) is 17.1. The Hall–Kier alpha value is -2.88. The minimum Gasteiger partial charge on any atom is -0.326 e. The Labute approximate surface area is 172 Å². The molecule has 6 nitrogen and oxygen atoms in total. The van der Waals surface area contributed by atoms with Crippen LogP contribution in [0.25, 0.3) is 21.1 Å². The average Bonchev–Trinajstić information content (AvgIpc) is 3.43. The molecule has 0 aliphatic carbocycles. The second-order valence-corrected chi connectivity index (χ2v) is 8.43. The zero-order chi connectivity index (χ0) is 19.5. The highest BCUT2D eigenvalue weighted by Gasteiger charge is 2.14. The number of carbonyl (C=O) groups excluding carboxylic acids is 2. The first-order valence-electron chi connectivity index (χ1n) is 8.23. The van der Waals surface area contributed by atoms with Crippen LogP contribution in [0.5, 0.6) is 0 Å². The maximum atomic E-state index is 12.5. The molecule has 0 bridgehead atoms. The topological polar surface area (TPSA) is 84.0 Å². The maximum Gasteiger partial charge on any atom is 0.276 e. The first-order chi connectivity index (χ1) is 13.6. The number of amides is 2. The highest BCUT2D eigenvalue weighted by molar-refractivity contribution is 7.20. The number of benzene rings is 1. The van der Waals surface area contributed by atoms with E-state index in [2.05, 4.69) is 20.6 Å². The monoisotopic (exact) mass is 426 g/mol. The number of hydrogen-bond acceptors (Lipinski definition) is 7. The maximum absolute atomic E-state index is 12.5. The third kappa shape index (κ3) is 4.16. The van der Waals surface area contributed by atoms with E-state index in [1.54, 1.807) is 16.7 Å². The molecule has 9 heteroatoms. The van der Waals surface area contributed by atoms with E-state index in [1.807, 2.05) is 47.2 Å². The SMILES string of the molecule is CC(=O)Nc1ccc(-c2csc(NC(=O)c3csc(-c4cccs4)n3)n2)cc1. The highest BCUT2D eigenvalue weighted by Crippen LogP contribution is 2.29. The minimum atomic E-state index is -0.277. The molecule has 3 aromatic heterocycles. The molecule has 0 spiro atoms. The molecule has 4 rings (SSSR count). The minimum absolute atomic E-state index is 0.115. The van der Waals surface area contributed by atoms with Gasteiger partial charge >= 0.3 is 0 Å². The van der Waals surface area contributed by atoms with Crippen LogP contribution in [-0.4, -0.2) is 21.8 Å². The number of rotatable bonds is 5. The van der Waals surface area contributed by atoms with Crippen molar-refractivity contribution in [3.8, 4) is 21.1 Å². The number of aromatic nitrogens is 2. The van der Waals surface area contributed by atoms with Gasteiger partial charge in [-0.1, -0.05) is 18.2 Å². The largest absolute Gasteiger partial charge is 0.326 e. The molecule has 3 heterocycles. The van der Waals surface area contributed by atoms with Crippen molar-refractivity contribution in [1.29, 1.82) is 0 Å². The summed E-state index contributed by atoms with van der Waals surface area (Å²) in [4.78, 5) is 33.5. The van der Waals surface area contributed by atoms with E-state index in [1.165, 1.54) is 29.6 Å². The van der Waals surface area contributed by atoms with E-state index in [0.29, 0.717) is 10.8 Å². The predicted octanol–water partition coefficient (Wildman–Crippen LogP) is 5.21. The van der Waals surface area contributed by atoms with E-state index in [0.717, 1.165) is 26.8 Å². The van der Waals surface area contributed by atoms with Crippen molar-refractivity contribution >= 4 is 56.6 Å².